The largest absolute Gasteiger partial charge is 0.472 e. The highest BCUT2D eigenvalue weighted by molar-refractivity contribution is 7.47. The number of carbonyl (C=O) groups excluding carboxylic acids is 4. The number of aliphatic hydroxyl groups is 1. The molecule has 0 heterocycles. The molecule has 0 radical (unpaired) electrons. The molecule has 0 aliphatic carbocycles. The lowest BCUT2D eigenvalue weighted by Crippen LogP contribution is -2.30. The summed E-state index contributed by atoms with van der Waals surface area (Å²) in [7, 11) is -9.93. The van der Waals surface area contributed by atoms with Gasteiger partial charge in [-0.15, -0.1) is 0 Å². The molecule has 104 heavy (non-hydrogen) atoms. The number of ether oxygens (including phenoxy) is 4. The Morgan fingerprint density at radius 1 is 0.269 bits per heavy atom. The van der Waals surface area contributed by atoms with Crippen molar-refractivity contribution in [1.29, 1.82) is 0 Å². The van der Waals surface area contributed by atoms with Crippen LogP contribution in [0.25, 0.3) is 0 Å². The van der Waals surface area contributed by atoms with Crippen LogP contribution in [-0.2, 0) is 65.4 Å². The van der Waals surface area contributed by atoms with Crippen molar-refractivity contribution in [2.45, 2.75) is 459 Å². The molecule has 0 aromatic heterocycles. The molecule has 0 saturated carbocycles. The van der Waals surface area contributed by atoms with Crippen molar-refractivity contribution in [2.75, 3.05) is 39.6 Å². The Kier molecular flexibility index (Phi) is 72.5. The third kappa shape index (κ3) is 76.8. The van der Waals surface area contributed by atoms with Gasteiger partial charge < -0.3 is 33.8 Å². The van der Waals surface area contributed by atoms with E-state index in [1.165, 1.54) is 244 Å². The number of phosphoric ester groups is 2. The van der Waals surface area contributed by atoms with E-state index in [-0.39, 0.29) is 25.7 Å². The molecule has 618 valence electrons. The van der Waals surface area contributed by atoms with E-state index < -0.39 is 97.5 Å². The predicted molar refractivity (Wildman–Crippen MR) is 428 cm³/mol. The monoisotopic (exact) mass is 1520 g/mol. The topological polar surface area (TPSA) is 237 Å². The van der Waals surface area contributed by atoms with E-state index in [0.717, 1.165) is 114 Å². The second-order valence-corrected chi connectivity index (χ2v) is 35.2. The highest BCUT2D eigenvalue weighted by atomic mass is 31.2. The van der Waals surface area contributed by atoms with Crippen molar-refractivity contribution in [3.8, 4) is 0 Å². The lowest BCUT2D eigenvalue weighted by molar-refractivity contribution is -0.161. The van der Waals surface area contributed by atoms with Gasteiger partial charge in [0, 0.05) is 25.7 Å². The predicted octanol–water partition coefficient (Wildman–Crippen LogP) is 25.6. The van der Waals surface area contributed by atoms with Crippen LogP contribution < -0.4 is 0 Å². The van der Waals surface area contributed by atoms with Gasteiger partial charge in [0.1, 0.15) is 19.3 Å². The molecule has 3 N–H and O–H groups in total. The number of hydrogen-bond acceptors (Lipinski definition) is 15. The Balaban J connectivity index is 5.26. The number of esters is 4. The SMILES string of the molecule is CCC(C)CCCCCCCCCCC(=O)OC[C@H](COP(=O)(O)OC[C@H](O)COP(=O)(O)OC[C@@H](COC(=O)CCCCCCCCCCCCCCCC(C)C)OC(=O)CCCCCCCCCCCCCCCCCCCCC(C)C)OC(=O)CCCCCCCCCCCCCCC(C)C. The van der Waals surface area contributed by atoms with Gasteiger partial charge in [-0.2, -0.15) is 0 Å². The zero-order valence-electron chi connectivity index (χ0n) is 68.7. The molecule has 0 saturated heterocycles. The number of phosphoric acid groups is 2. The quantitative estimate of drug-likeness (QED) is 0.0222. The van der Waals surface area contributed by atoms with Crippen molar-refractivity contribution in [2.24, 2.45) is 23.7 Å². The molecule has 0 aromatic carbocycles. The summed E-state index contributed by atoms with van der Waals surface area (Å²) in [6.07, 6.45) is 62.4. The number of carbonyl (C=O) groups is 4. The van der Waals surface area contributed by atoms with Crippen LogP contribution >= 0.6 is 15.6 Å². The minimum atomic E-state index is -4.97. The molecule has 0 aromatic rings. The highest BCUT2D eigenvalue weighted by Crippen LogP contribution is 2.45. The van der Waals surface area contributed by atoms with E-state index >= 15 is 0 Å². The summed E-state index contributed by atoms with van der Waals surface area (Å²) in [5.41, 5.74) is 0. The van der Waals surface area contributed by atoms with Crippen LogP contribution in [0.2, 0.25) is 0 Å². The number of rotatable bonds is 82. The number of aliphatic hydroxyl groups excluding tert-OH is 1. The van der Waals surface area contributed by atoms with Crippen molar-refractivity contribution >= 4 is 39.5 Å². The maximum atomic E-state index is 13.1. The normalized spacial score (nSPS) is 14.2. The molecule has 0 rings (SSSR count). The Bertz CT molecular complexity index is 2030. The maximum absolute atomic E-state index is 13.1. The first kappa shape index (κ1) is 102. The zero-order valence-corrected chi connectivity index (χ0v) is 70.5. The second-order valence-electron chi connectivity index (χ2n) is 32.2. The molecule has 0 amide bonds. The maximum Gasteiger partial charge on any atom is 0.472 e. The van der Waals surface area contributed by atoms with Gasteiger partial charge in [0.15, 0.2) is 12.2 Å². The van der Waals surface area contributed by atoms with E-state index in [0.29, 0.717) is 25.7 Å². The summed E-state index contributed by atoms with van der Waals surface area (Å²) in [5.74, 6) is 1.06. The van der Waals surface area contributed by atoms with Crippen molar-refractivity contribution in [3.05, 3.63) is 0 Å². The standard InChI is InChI=1S/C85H166O17P2/c1-9-78(8)64-56-48-40-35-36-42-50-58-66-83(88)96-72-81(102-85(90)68-60-52-44-34-28-22-21-25-31-39-47-55-63-77(6)7)74-100-104(93,94)98-70-79(86)69-97-103(91,92)99-73-80(71-95-82(87)65-57-49-41-32-26-20-16-18-24-30-38-46-54-62-76(4)5)101-84(89)67-59-51-43-33-27-19-15-13-11-10-12-14-17-23-29-37-45-53-61-75(2)3/h75-81,86H,9-74H2,1-8H3,(H,91,92)(H,93,94)/t78?,79-,80-,81-/m1/s1. The fraction of sp³-hybridized carbons (Fsp3) is 0.953. The molecule has 0 bridgehead atoms. The van der Waals surface area contributed by atoms with E-state index in [1.54, 1.807) is 0 Å². The van der Waals surface area contributed by atoms with Crippen LogP contribution in [0.15, 0.2) is 0 Å². The van der Waals surface area contributed by atoms with Crippen LogP contribution in [0.3, 0.4) is 0 Å². The first-order valence-electron chi connectivity index (χ1n) is 43.7. The van der Waals surface area contributed by atoms with Crippen LogP contribution in [-0.4, -0.2) is 96.7 Å². The first-order chi connectivity index (χ1) is 50.1. The van der Waals surface area contributed by atoms with Crippen LogP contribution in [0.4, 0.5) is 0 Å². The fourth-order valence-electron chi connectivity index (χ4n) is 13.1. The Hall–Kier alpha value is -1.94. The molecular weight excluding hydrogens is 1350 g/mol. The van der Waals surface area contributed by atoms with Crippen molar-refractivity contribution < 1.29 is 80.2 Å². The number of unbranched alkanes of at least 4 members (excludes halogenated alkanes) is 47. The third-order valence-electron chi connectivity index (χ3n) is 20.2. The van der Waals surface area contributed by atoms with E-state index in [1.807, 2.05) is 0 Å². The molecule has 3 unspecified atom stereocenters. The summed E-state index contributed by atoms with van der Waals surface area (Å²) in [6, 6.07) is 0. The van der Waals surface area contributed by atoms with Gasteiger partial charge in [-0.3, -0.25) is 37.3 Å². The van der Waals surface area contributed by atoms with Gasteiger partial charge in [-0.1, -0.05) is 389 Å². The Morgan fingerprint density at radius 3 is 0.683 bits per heavy atom. The fourth-order valence-corrected chi connectivity index (χ4v) is 14.7. The summed E-state index contributed by atoms with van der Waals surface area (Å²) in [4.78, 5) is 73.2. The van der Waals surface area contributed by atoms with Crippen LogP contribution in [0.1, 0.15) is 441 Å². The summed E-state index contributed by atoms with van der Waals surface area (Å²) in [5, 5.41) is 10.7. The number of hydrogen-bond donors (Lipinski definition) is 3. The molecule has 17 nitrogen and oxygen atoms in total. The van der Waals surface area contributed by atoms with Crippen molar-refractivity contribution in [1.82, 2.24) is 0 Å². The van der Waals surface area contributed by atoms with Crippen LogP contribution in [0.5, 0.6) is 0 Å². The minimum absolute atomic E-state index is 0.106. The van der Waals surface area contributed by atoms with Gasteiger partial charge in [0.25, 0.3) is 0 Å². The van der Waals surface area contributed by atoms with Crippen LogP contribution in [0, 0.1) is 23.7 Å². The van der Waals surface area contributed by atoms with Gasteiger partial charge in [0.2, 0.25) is 0 Å². The van der Waals surface area contributed by atoms with Gasteiger partial charge in [0.05, 0.1) is 26.4 Å². The molecule has 6 atom stereocenters. The average molecular weight is 1520 g/mol. The Labute approximate surface area is 638 Å². The molecule has 19 heteroatoms. The van der Waals surface area contributed by atoms with Crippen molar-refractivity contribution in [3.63, 3.8) is 0 Å². The summed E-state index contributed by atoms with van der Waals surface area (Å²) >= 11 is 0. The lowest BCUT2D eigenvalue weighted by Gasteiger charge is -2.21. The smallest absolute Gasteiger partial charge is 0.462 e. The molecule has 0 aliphatic heterocycles. The van der Waals surface area contributed by atoms with E-state index in [4.69, 9.17) is 37.0 Å². The second kappa shape index (κ2) is 73.8. The summed E-state index contributed by atoms with van der Waals surface area (Å²) in [6.45, 7) is 14.3. The first-order valence-corrected chi connectivity index (χ1v) is 46.7. The lowest BCUT2D eigenvalue weighted by atomic mass is 9.99. The Morgan fingerprint density at radius 2 is 0.462 bits per heavy atom. The van der Waals surface area contributed by atoms with Gasteiger partial charge >= 0.3 is 39.5 Å². The molecule has 0 fully saturated rings. The summed E-state index contributed by atoms with van der Waals surface area (Å²) < 4.78 is 68.9. The van der Waals surface area contributed by atoms with E-state index in [2.05, 4.69) is 55.4 Å². The minimum Gasteiger partial charge on any atom is -0.462 e. The average Bonchev–Trinajstić information content (AvgIpc) is 0.903. The van der Waals surface area contributed by atoms with E-state index in [9.17, 15) is 43.2 Å². The molecular formula is C85H166O17P2. The highest BCUT2D eigenvalue weighted by Gasteiger charge is 2.30. The third-order valence-corrected chi connectivity index (χ3v) is 22.1. The van der Waals surface area contributed by atoms with Gasteiger partial charge in [-0.25, -0.2) is 9.13 Å². The molecule has 0 spiro atoms. The van der Waals surface area contributed by atoms with Gasteiger partial charge in [-0.05, 0) is 49.4 Å². The zero-order chi connectivity index (χ0) is 76.7. The molecule has 0 aliphatic rings.